The van der Waals surface area contributed by atoms with E-state index in [1.807, 2.05) is 19.9 Å². The van der Waals surface area contributed by atoms with Gasteiger partial charge in [0.2, 0.25) is 5.91 Å². The van der Waals surface area contributed by atoms with Crippen LogP contribution in [0.25, 0.3) is 11.1 Å². The van der Waals surface area contributed by atoms with E-state index in [1.54, 1.807) is 24.4 Å². The molecule has 210 valence electrons. The number of β-amino-alcohol motifs (C(OH)–C–C–N with tert-alkyl or cyclic N) is 1. The number of nitrogens with one attached hydrogen (secondary N) is 1. The molecule has 0 bridgehead atoms. The van der Waals surface area contributed by atoms with E-state index < -0.39 is 17.8 Å². The van der Waals surface area contributed by atoms with E-state index in [9.17, 15) is 27.9 Å². The second kappa shape index (κ2) is 10.8. The van der Waals surface area contributed by atoms with E-state index in [-0.39, 0.29) is 43.1 Å². The Morgan fingerprint density at radius 1 is 1.20 bits per heavy atom. The third-order valence-electron chi connectivity index (χ3n) is 6.97. The van der Waals surface area contributed by atoms with E-state index in [0.29, 0.717) is 36.3 Å². The van der Waals surface area contributed by atoms with Crippen LogP contribution >= 0.6 is 0 Å². The standard InChI is InChI=1S/C27H27F3N6O4/c1-15-3-4-19(33-26(39)18-8-23(27(28,29)30)34-32-12-18)9-21(15)17-7-22-25(31-11-17)35(5-6-37)24(38)10-20-14-40-13-16(2)36(20)22/h3-4,7-9,11-12,16,20,37H,5-6,10,13-14H2,1-2H3,(H,33,39). The first-order valence-electron chi connectivity index (χ1n) is 12.7. The minimum Gasteiger partial charge on any atom is -0.395 e. The van der Waals surface area contributed by atoms with Gasteiger partial charge in [-0.25, -0.2) is 4.98 Å². The van der Waals surface area contributed by atoms with Crippen LogP contribution in [-0.2, 0) is 15.7 Å². The molecule has 0 aliphatic carbocycles. The van der Waals surface area contributed by atoms with Crippen molar-refractivity contribution in [2.75, 3.05) is 41.5 Å². The van der Waals surface area contributed by atoms with Crippen LogP contribution in [0.1, 0.15) is 35.0 Å². The SMILES string of the molecule is Cc1ccc(NC(=O)c2cnnc(C(F)(F)F)c2)cc1-c1cnc2c(c1)N1C(C)COCC1CC(=O)N2CCO. The van der Waals surface area contributed by atoms with Crippen LogP contribution in [-0.4, -0.2) is 70.6 Å². The Bertz CT molecular complexity index is 1450. The number of anilines is 3. The number of halogens is 3. The Morgan fingerprint density at radius 3 is 2.75 bits per heavy atom. The highest BCUT2D eigenvalue weighted by atomic mass is 19.4. The molecule has 2 aliphatic heterocycles. The van der Waals surface area contributed by atoms with Crippen molar-refractivity contribution >= 4 is 29.0 Å². The number of amides is 2. The first-order chi connectivity index (χ1) is 19.1. The zero-order chi connectivity index (χ0) is 28.6. The van der Waals surface area contributed by atoms with E-state index in [4.69, 9.17) is 4.74 Å². The Morgan fingerprint density at radius 2 is 2.00 bits per heavy atom. The van der Waals surface area contributed by atoms with Crippen molar-refractivity contribution in [1.29, 1.82) is 0 Å². The molecule has 3 aromatic rings. The molecule has 10 nitrogen and oxygen atoms in total. The van der Waals surface area contributed by atoms with Gasteiger partial charge < -0.3 is 20.1 Å². The van der Waals surface area contributed by atoms with Crippen LogP contribution in [0.3, 0.4) is 0 Å². The molecular formula is C27H27F3N6O4. The summed E-state index contributed by atoms with van der Waals surface area (Å²) in [6.45, 7) is 4.64. The number of aliphatic hydroxyl groups excluding tert-OH is 1. The number of aliphatic hydroxyl groups is 1. The van der Waals surface area contributed by atoms with Gasteiger partial charge in [0, 0.05) is 23.9 Å². The van der Waals surface area contributed by atoms with Crippen molar-refractivity contribution in [3.8, 4) is 11.1 Å². The number of hydrogen-bond acceptors (Lipinski definition) is 8. The van der Waals surface area contributed by atoms with Crippen molar-refractivity contribution in [2.45, 2.75) is 38.5 Å². The highest BCUT2D eigenvalue weighted by molar-refractivity contribution is 6.04. The lowest BCUT2D eigenvalue weighted by atomic mass is 9.99. The second-order valence-electron chi connectivity index (χ2n) is 9.80. The van der Waals surface area contributed by atoms with Gasteiger partial charge in [0.15, 0.2) is 11.5 Å². The number of carbonyl (C=O) groups excluding carboxylic acids is 2. The predicted octanol–water partition coefficient (Wildman–Crippen LogP) is 3.44. The number of hydrogen-bond donors (Lipinski definition) is 2. The maximum atomic E-state index is 13.1. The molecule has 40 heavy (non-hydrogen) atoms. The largest absolute Gasteiger partial charge is 0.435 e. The summed E-state index contributed by atoms with van der Waals surface area (Å²) in [5, 5.41) is 18.6. The summed E-state index contributed by atoms with van der Waals surface area (Å²) >= 11 is 0. The first-order valence-corrected chi connectivity index (χ1v) is 12.7. The summed E-state index contributed by atoms with van der Waals surface area (Å²) in [5.41, 5.74) is 1.87. The zero-order valence-electron chi connectivity index (χ0n) is 21.8. The highest BCUT2D eigenvalue weighted by Crippen LogP contribution is 2.40. The fraction of sp³-hybridized carbons (Fsp3) is 0.370. The molecule has 1 saturated heterocycles. The van der Waals surface area contributed by atoms with Gasteiger partial charge in [-0.05, 0) is 49.2 Å². The highest BCUT2D eigenvalue weighted by Gasteiger charge is 2.38. The number of nitrogens with zero attached hydrogens (tertiary/aromatic N) is 5. The van der Waals surface area contributed by atoms with Gasteiger partial charge in [0.25, 0.3) is 5.91 Å². The third-order valence-corrected chi connectivity index (χ3v) is 6.97. The topological polar surface area (TPSA) is 121 Å². The lowest BCUT2D eigenvalue weighted by Crippen LogP contribution is -2.51. The monoisotopic (exact) mass is 556 g/mol. The molecule has 0 spiro atoms. The molecule has 2 N–H and O–H groups in total. The normalized spacial score (nSPS) is 19.1. The van der Waals surface area contributed by atoms with Crippen molar-refractivity contribution in [1.82, 2.24) is 15.2 Å². The van der Waals surface area contributed by atoms with Crippen LogP contribution in [0, 0.1) is 6.92 Å². The van der Waals surface area contributed by atoms with Crippen molar-refractivity contribution in [2.24, 2.45) is 0 Å². The average molecular weight is 557 g/mol. The van der Waals surface area contributed by atoms with Crippen LogP contribution < -0.4 is 15.1 Å². The molecule has 1 fully saturated rings. The summed E-state index contributed by atoms with van der Waals surface area (Å²) in [4.78, 5) is 34.1. The van der Waals surface area contributed by atoms with Crippen molar-refractivity contribution in [3.63, 3.8) is 0 Å². The number of fused-ring (bicyclic) bond motifs is 3. The molecular weight excluding hydrogens is 529 g/mol. The Labute approximate surface area is 227 Å². The number of ether oxygens (including phenoxy) is 1. The summed E-state index contributed by atoms with van der Waals surface area (Å²) in [7, 11) is 0. The van der Waals surface area contributed by atoms with Gasteiger partial charge in [-0.15, -0.1) is 5.10 Å². The van der Waals surface area contributed by atoms with E-state index >= 15 is 0 Å². The van der Waals surface area contributed by atoms with Crippen molar-refractivity contribution in [3.05, 3.63) is 59.5 Å². The number of carbonyl (C=O) groups is 2. The maximum Gasteiger partial charge on any atom is 0.435 e. The van der Waals surface area contributed by atoms with Gasteiger partial charge in [-0.1, -0.05) is 6.07 Å². The fourth-order valence-electron chi connectivity index (χ4n) is 5.08. The molecule has 0 saturated carbocycles. The van der Waals surface area contributed by atoms with E-state index in [1.165, 1.54) is 4.90 Å². The zero-order valence-corrected chi connectivity index (χ0v) is 21.8. The molecule has 0 radical (unpaired) electrons. The molecule has 2 aliphatic rings. The number of alkyl halides is 3. The van der Waals surface area contributed by atoms with Gasteiger partial charge in [0.05, 0.1) is 55.9 Å². The second-order valence-corrected chi connectivity index (χ2v) is 9.80. The smallest absolute Gasteiger partial charge is 0.395 e. The van der Waals surface area contributed by atoms with Gasteiger partial charge in [-0.2, -0.15) is 18.3 Å². The number of pyridine rings is 1. The quantitative estimate of drug-likeness (QED) is 0.491. The number of aryl methyl sites for hydroxylation is 1. The number of benzene rings is 1. The summed E-state index contributed by atoms with van der Waals surface area (Å²) in [6, 6.07) is 7.49. The predicted molar refractivity (Wildman–Crippen MR) is 140 cm³/mol. The van der Waals surface area contributed by atoms with Gasteiger partial charge >= 0.3 is 6.18 Å². The van der Waals surface area contributed by atoms with Crippen LogP contribution in [0.2, 0.25) is 0 Å². The molecule has 2 atom stereocenters. The Balaban J connectivity index is 1.51. The number of aromatic nitrogens is 3. The molecule has 1 aromatic carbocycles. The number of rotatable bonds is 5. The molecule has 4 heterocycles. The van der Waals surface area contributed by atoms with Crippen LogP contribution in [0.15, 0.2) is 42.7 Å². The summed E-state index contributed by atoms with van der Waals surface area (Å²) < 4.78 is 44.8. The maximum absolute atomic E-state index is 13.1. The molecule has 2 unspecified atom stereocenters. The van der Waals surface area contributed by atoms with Gasteiger partial charge in [0.1, 0.15) is 0 Å². The molecule has 2 aromatic heterocycles. The Kier molecular flexibility index (Phi) is 7.43. The van der Waals surface area contributed by atoms with Gasteiger partial charge in [-0.3, -0.25) is 14.5 Å². The van der Waals surface area contributed by atoms with Crippen LogP contribution in [0.5, 0.6) is 0 Å². The minimum absolute atomic E-state index is 0.0290. The Hall–Kier alpha value is -4.10. The lowest BCUT2D eigenvalue weighted by Gasteiger charge is -2.41. The molecule has 5 rings (SSSR count). The van der Waals surface area contributed by atoms with E-state index in [2.05, 4.69) is 25.4 Å². The number of morpholine rings is 1. The lowest BCUT2D eigenvalue weighted by molar-refractivity contribution is -0.141. The van der Waals surface area contributed by atoms with E-state index in [0.717, 1.165) is 23.0 Å². The minimum atomic E-state index is -4.73. The molecule has 13 heteroatoms. The van der Waals surface area contributed by atoms with Crippen molar-refractivity contribution < 1.29 is 32.6 Å². The van der Waals surface area contributed by atoms with Crippen LogP contribution in [0.4, 0.5) is 30.4 Å². The first kappa shape index (κ1) is 27.5. The fourth-order valence-corrected chi connectivity index (χ4v) is 5.08. The average Bonchev–Trinajstić information content (AvgIpc) is 3.03. The molecule has 2 amide bonds. The summed E-state index contributed by atoms with van der Waals surface area (Å²) in [6.07, 6.45) is -1.92. The third kappa shape index (κ3) is 5.34. The summed E-state index contributed by atoms with van der Waals surface area (Å²) in [5.74, 6) is -0.467.